The minimum atomic E-state index is 0.247. The number of rotatable bonds is 3. The van der Waals surface area contributed by atoms with E-state index in [4.69, 9.17) is 11.1 Å². The molecule has 0 bridgehead atoms. The fourth-order valence-corrected chi connectivity index (χ4v) is 2.88. The normalized spacial score (nSPS) is 25.1. The molecule has 3 N–H and O–H groups in total. The first-order valence-corrected chi connectivity index (χ1v) is 5.86. The van der Waals surface area contributed by atoms with Crippen molar-refractivity contribution in [3.8, 4) is 0 Å². The standard InChI is InChI=1S/C12H25N3/c1-11(2)7-5-8-12(3,4)15(11)9-6-10(13)14/h5-9H2,1-4H3,(H3,13,14). The zero-order valence-corrected chi connectivity index (χ0v) is 10.6. The van der Waals surface area contributed by atoms with Crippen molar-refractivity contribution >= 4 is 5.84 Å². The number of nitrogens with zero attached hydrogens (tertiary/aromatic N) is 1. The first-order valence-electron chi connectivity index (χ1n) is 5.86. The van der Waals surface area contributed by atoms with Crippen LogP contribution in [0.2, 0.25) is 0 Å². The largest absolute Gasteiger partial charge is 0.388 e. The molecule has 88 valence electrons. The number of amidine groups is 1. The van der Waals surface area contributed by atoms with E-state index in [0.29, 0.717) is 12.3 Å². The summed E-state index contributed by atoms with van der Waals surface area (Å²) in [6, 6.07) is 0. The van der Waals surface area contributed by atoms with Crippen molar-refractivity contribution in [3.63, 3.8) is 0 Å². The molecule has 3 nitrogen and oxygen atoms in total. The Hall–Kier alpha value is -0.570. The Morgan fingerprint density at radius 2 is 1.67 bits per heavy atom. The molecular weight excluding hydrogens is 186 g/mol. The average molecular weight is 211 g/mol. The van der Waals surface area contributed by atoms with E-state index in [-0.39, 0.29) is 11.1 Å². The van der Waals surface area contributed by atoms with Crippen molar-refractivity contribution in [2.24, 2.45) is 5.73 Å². The van der Waals surface area contributed by atoms with Gasteiger partial charge in [0.15, 0.2) is 0 Å². The van der Waals surface area contributed by atoms with Gasteiger partial charge in [0.25, 0.3) is 0 Å². The van der Waals surface area contributed by atoms with Crippen LogP contribution in [-0.4, -0.2) is 28.4 Å². The van der Waals surface area contributed by atoms with Crippen molar-refractivity contribution in [1.29, 1.82) is 5.41 Å². The Morgan fingerprint density at radius 3 is 2.07 bits per heavy atom. The molecule has 1 fully saturated rings. The molecule has 0 aromatic rings. The second-order valence-corrected chi connectivity index (χ2v) is 5.91. The van der Waals surface area contributed by atoms with Gasteiger partial charge in [-0.25, -0.2) is 0 Å². The van der Waals surface area contributed by atoms with Gasteiger partial charge in [0.05, 0.1) is 5.84 Å². The maximum Gasteiger partial charge on any atom is 0.0918 e. The van der Waals surface area contributed by atoms with Gasteiger partial charge in [-0.15, -0.1) is 0 Å². The maximum absolute atomic E-state index is 7.32. The van der Waals surface area contributed by atoms with Crippen LogP contribution in [0.15, 0.2) is 0 Å². The van der Waals surface area contributed by atoms with E-state index in [1.807, 2.05) is 0 Å². The lowest BCUT2D eigenvalue weighted by Crippen LogP contribution is -2.59. The Bertz CT molecular complexity index is 227. The van der Waals surface area contributed by atoms with Gasteiger partial charge < -0.3 is 5.73 Å². The molecule has 1 saturated heterocycles. The van der Waals surface area contributed by atoms with E-state index < -0.39 is 0 Å². The van der Waals surface area contributed by atoms with Crippen LogP contribution in [0.5, 0.6) is 0 Å². The topological polar surface area (TPSA) is 53.1 Å². The third kappa shape index (κ3) is 2.94. The molecule has 0 radical (unpaired) electrons. The molecule has 1 aliphatic rings. The summed E-state index contributed by atoms with van der Waals surface area (Å²) in [5.74, 6) is 0.298. The first-order chi connectivity index (χ1) is 6.76. The highest BCUT2D eigenvalue weighted by molar-refractivity contribution is 5.76. The van der Waals surface area contributed by atoms with Crippen molar-refractivity contribution in [1.82, 2.24) is 4.90 Å². The number of nitrogens with two attached hydrogens (primary N) is 1. The lowest BCUT2D eigenvalue weighted by molar-refractivity contribution is -0.0242. The van der Waals surface area contributed by atoms with Crippen molar-refractivity contribution in [2.75, 3.05) is 6.54 Å². The lowest BCUT2D eigenvalue weighted by atomic mass is 9.79. The van der Waals surface area contributed by atoms with Gasteiger partial charge >= 0.3 is 0 Å². The summed E-state index contributed by atoms with van der Waals surface area (Å²) < 4.78 is 0. The van der Waals surface area contributed by atoms with Crippen LogP contribution >= 0.6 is 0 Å². The number of likely N-dealkylation sites (tertiary alicyclic amines) is 1. The minimum Gasteiger partial charge on any atom is -0.388 e. The summed E-state index contributed by atoms with van der Waals surface area (Å²) in [5, 5.41) is 7.32. The molecule has 0 amide bonds. The molecule has 0 saturated carbocycles. The molecule has 0 atom stereocenters. The predicted molar refractivity (Wildman–Crippen MR) is 65.2 cm³/mol. The fourth-order valence-electron chi connectivity index (χ4n) is 2.88. The summed E-state index contributed by atoms with van der Waals surface area (Å²) in [4.78, 5) is 2.52. The summed E-state index contributed by atoms with van der Waals surface area (Å²) in [7, 11) is 0. The zero-order valence-electron chi connectivity index (χ0n) is 10.6. The molecule has 0 spiro atoms. The predicted octanol–water partition coefficient (Wildman–Crippen LogP) is 2.36. The van der Waals surface area contributed by atoms with Crippen LogP contribution in [0, 0.1) is 5.41 Å². The second-order valence-electron chi connectivity index (χ2n) is 5.91. The third-order valence-corrected chi connectivity index (χ3v) is 3.64. The van der Waals surface area contributed by atoms with Crippen LogP contribution < -0.4 is 5.73 Å². The van der Waals surface area contributed by atoms with Crippen LogP contribution in [0.3, 0.4) is 0 Å². The number of hydrogen-bond acceptors (Lipinski definition) is 2. The van der Waals surface area contributed by atoms with Crippen molar-refractivity contribution in [3.05, 3.63) is 0 Å². The van der Waals surface area contributed by atoms with E-state index in [0.717, 1.165) is 6.54 Å². The molecule has 15 heavy (non-hydrogen) atoms. The summed E-state index contributed by atoms with van der Waals surface area (Å²) in [5.41, 5.74) is 5.94. The lowest BCUT2D eigenvalue weighted by Gasteiger charge is -2.53. The Morgan fingerprint density at radius 1 is 1.20 bits per heavy atom. The van der Waals surface area contributed by atoms with Crippen LogP contribution in [0.1, 0.15) is 53.4 Å². The summed E-state index contributed by atoms with van der Waals surface area (Å²) >= 11 is 0. The van der Waals surface area contributed by atoms with E-state index in [1.54, 1.807) is 0 Å². The zero-order chi connectivity index (χ0) is 11.7. The SMILES string of the molecule is CC1(C)CCCC(C)(C)N1CCC(=N)N. The maximum atomic E-state index is 7.32. The van der Waals surface area contributed by atoms with Gasteiger partial charge in [-0.1, -0.05) is 0 Å². The number of piperidine rings is 1. The molecule has 1 heterocycles. The van der Waals surface area contributed by atoms with E-state index >= 15 is 0 Å². The minimum absolute atomic E-state index is 0.247. The fraction of sp³-hybridized carbons (Fsp3) is 0.917. The monoisotopic (exact) mass is 211 g/mol. The third-order valence-electron chi connectivity index (χ3n) is 3.64. The Balaban J connectivity index is 2.72. The van der Waals surface area contributed by atoms with Gasteiger partial charge in [0, 0.05) is 24.0 Å². The van der Waals surface area contributed by atoms with Crippen molar-refractivity contribution in [2.45, 2.75) is 64.5 Å². The highest BCUT2D eigenvalue weighted by Crippen LogP contribution is 2.37. The highest BCUT2D eigenvalue weighted by Gasteiger charge is 2.40. The second kappa shape index (κ2) is 4.12. The summed E-state index contributed by atoms with van der Waals surface area (Å²) in [6.45, 7) is 10.1. The molecule has 3 heteroatoms. The molecule has 1 rings (SSSR count). The van der Waals surface area contributed by atoms with Crippen LogP contribution in [0.25, 0.3) is 0 Å². The summed E-state index contributed by atoms with van der Waals surface area (Å²) in [6.07, 6.45) is 4.48. The smallest absolute Gasteiger partial charge is 0.0918 e. The molecule has 0 unspecified atom stereocenters. The van der Waals surface area contributed by atoms with Crippen LogP contribution in [0.4, 0.5) is 0 Å². The average Bonchev–Trinajstić information content (AvgIpc) is 1.99. The molecule has 1 aliphatic heterocycles. The van der Waals surface area contributed by atoms with E-state index in [1.165, 1.54) is 19.3 Å². The van der Waals surface area contributed by atoms with Gasteiger partial charge in [0.2, 0.25) is 0 Å². The Labute approximate surface area is 93.5 Å². The van der Waals surface area contributed by atoms with Crippen molar-refractivity contribution < 1.29 is 0 Å². The molecule has 0 aromatic heterocycles. The quantitative estimate of drug-likeness (QED) is 0.556. The van der Waals surface area contributed by atoms with Gasteiger partial charge in [-0.3, -0.25) is 10.3 Å². The highest BCUT2D eigenvalue weighted by atomic mass is 15.3. The van der Waals surface area contributed by atoms with Crippen LogP contribution in [-0.2, 0) is 0 Å². The number of nitrogens with one attached hydrogen (secondary N) is 1. The van der Waals surface area contributed by atoms with Gasteiger partial charge in [0.1, 0.15) is 0 Å². The number of hydrogen-bond donors (Lipinski definition) is 2. The van der Waals surface area contributed by atoms with E-state index in [9.17, 15) is 0 Å². The van der Waals surface area contributed by atoms with Gasteiger partial charge in [-0.2, -0.15) is 0 Å². The van der Waals surface area contributed by atoms with Gasteiger partial charge in [-0.05, 0) is 47.0 Å². The molecular formula is C12H25N3. The first kappa shape index (κ1) is 12.5. The Kier molecular flexibility index (Phi) is 3.44. The van der Waals surface area contributed by atoms with E-state index in [2.05, 4.69) is 32.6 Å². The molecule has 0 aliphatic carbocycles. The molecule has 0 aromatic carbocycles.